The Bertz CT molecular complexity index is 609. The fraction of sp³-hybridized carbons (Fsp3) is 0.958. The molecule has 0 amide bonds. The molecule has 28 heavy (non-hydrogen) atoms. The molecule has 1 N–H and O–H groups in total. The highest BCUT2D eigenvalue weighted by molar-refractivity contribution is 7.09. The fourth-order valence-electron chi connectivity index (χ4n) is 8.95. The normalized spacial score (nSPS) is 51.7. The third-order valence-electron chi connectivity index (χ3n) is 10.4. The molecule has 0 spiro atoms. The average Bonchev–Trinajstić information content (AvgIpc) is 2.98. The van der Waals surface area contributed by atoms with E-state index in [0.29, 0.717) is 41.1 Å². The van der Waals surface area contributed by atoms with E-state index in [1.807, 2.05) is 0 Å². The van der Waals surface area contributed by atoms with Gasteiger partial charge in [0.1, 0.15) is 0 Å². The van der Waals surface area contributed by atoms with Crippen molar-refractivity contribution in [1.29, 1.82) is 0 Å². The standard InChI is InChI=1S/C24H41O3P/c1-14-7-9-23(3)16(11-14)13-20(27-28)22-18-6-5-17(15(2)12-21(25)26)24(18,4)10-8-19(22)23/h14-20,22H,5-13,28H2,1-4H3,(H,25,26)/t14-,15+,16-,17+,18?,19?,20?,22-,23-,24+/m0/s1. The lowest BCUT2D eigenvalue weighted by molar-refractivity contribution is -0.160. The van der Waals surface area contributed by atoms with E-state index in [1.165, 1.54) is 51.4 Å². The average molecular weight is 409 g/mol. The minimum atomic E-state index is -0.635. The molecule has 0 heterocycles. The van der Waals surface area contributed by atoms with Crippen LogP contribution >= 0.6 is 9.47 Å². The van der Waals surface area contributed by atoms with Gasteiger partial charge in [0.2, 0.25) is 0 Å². The first-order chi connectivity index (χ1) is 13.2. The van der Waals surface area contributed by atoms with Crippen LogP contribution in [-0.2, 0) is 9.32 Å². The fourth-order valence-corrected chi connectivity index (χ4v) is 9.24. The van der Waals surface area contributed by atoms with Gasteiger partial charge in [-0.25, -0.2) is 0 Å². The molecule has 4 heteroatoms. The number of aliphatic carboxylic acids is 1. The van der Waals surface area contributed by atoms with Crippen LogP contribution in [0.2, 0.25) is 0 Å². The number of carboxylic acid groups (broad SMARTS) is 1. The molecule has 0 aromatic heterocycles. The maximum atomic E-state index is 11.4. The molecule has 3 nitrogen and oxygen atoms in total. The Morgan fingerprint density at radius 1 is 1.11 bits per heavy atom. The Kier molecular flexibility index (Phi) is 5.67. The van der Waals surface area contributed by atoms with Crippen LogP contribution in [0.5, 0.6) is 0 Å². The maximum Gasteiger partial charge on any atom is 0.303 e. The van der Waals surface area contributed by atoms with Crippen LogP contribution in [0.3, 0.4) is 0 Å². The molecule has 0 radical (unpaired) electrons. The van der Waals surface area contributed by atoms with Gasteiger partial charge < -0.3 is 9.63 Å². The first kappa shape index (κ1) is 21.1. The Morgan fingerprint density at radius 3 is 2.46 bits per heavy atom. The zero-order chi connectivity index (χ0) is 20.3. The van der Waals surface area contributed by atoms with Crippen molar-refractivity contribution in [3.63, 3.8) is 0 Å². The van der Waals surface area contributed by atoms with Crippen molar-refractivity contribution in [3.05, 3.63) is 0 Å². The van der Waals surface area contributed by atoms with Crippen molar-refractivity contribution in [2.45, 2.75) is 91.6 Å². The summed E-state index contributed by atoms with van der Waals surface area (Å²) in [7, 11) is 2.61. The Balaban J connectivity index is 1.62. The molecule has 4 fully saturated rings. The van der Waals surface area contributed by atoms with Gasteiger partial charge in [0.05, 0.1) is 6.10 Å². The van der Waals surface area contributed by atoms with Crippen molar-refractivity contribution >= 4 is 15.4 Å². The summed E-state index contributed by atoms with van der Waals surface area (Å²) in [5.41, 5.74) is 0.783. The third-order valence-corrected chi connectivity index (χ3v) is 10.7. The molecule has 0 aromatic rings. The van der Waals surface area contributed by atoms with Crippen molar-refractivity contribution in [2.24, 2.45) is 52.3 Å². The first-order valence-electron chi connectivity index (χ1n) is 11.8. The van der Waals surface area contributed by atoms with Crippen LogP contribution in [0.15, 0.2) is 0 Å². The van der Waals surface area contributed by atoms with Crippen LogP contribution in [-0.4, -0.2) is 17.2 Å². The predicted octanol–water partition coefficient (Wildman–Crippen LogP) is 6.18. The molecule has 0 aliphatic heterocycles. The van der Waals surface area contributed by atoms with Gasteiger partial charge in [-0.05, 0) is 97.2 Å². The summed E-state index contributed by atoms with van der Waals surface area (Å²) in [6.45, 7) is 9.73. The van der Waals surface area contributed by atoms with Crippen LogP contribution in [0.1, 0.15) is 85.5 Å². The topological polar surface area (TPSA) is 46.5 Å². The highest BCUT2D eigenvalue weighted by atomic mass is 31.0. The van der Waals surface area contributed by atoms with Crippen LogP contribution < -0.4 is 0 Å². The Morgan fingerprint density at radius 2 is 1.79 bits per heavy atom. The summed E-state index contributed by atoms with van der Waals surface area (Å²) in [6, 6.07) is 0. The summed E-state index contributed by atoms with van der Waals surface area (Å²) >= 11 is 0. The molecular formula is C24H41O3P. The molecule has 160 valence electrons. The second-order valence-corrected chi connectivity index (χ2v) is 11.9. The second kappa shape index (κ2) is 7.52. The lowest BCUT2D eigenvalue weighted by Gasteiger charge is -2.63. The van der Waals surface area contributed by atoms with Gasteiger partial charge in [-0.15, -0.1) is 0 Å². The number of fused-ring (bicyclic) bond motifs is 5. The quantitative estimate of drug-likeness (QED) is 0.565. The number of carbonyl (C=O) groups is 1. The van der Waals surface area contributed by atoms with Gasteiger partial charge in [0, 0.05) is 15.9 Å². The van der Waals surface area contributed by atoms with E-state index in [1.54, 1.807) is 0 Å². The third kappa shape index (κ3) is 3.18. The number of hydrogen-bond donors (Lipinski definition) is 1. The minimum absolute atomic E-state index is 0.280. The molecule has 0 saturated heterocycles. The van der Waals surface area contributed by atoms with E-state index >= 15 is 0 Å². The summed E-state index contributed by atoms with van der Waals surface area (Å²) < 4.78 is 6.13. The molecular weight excluding hydrogens is 367 g/mol. The van der Waals surface area contributed by atoms with Gasteiger partial charge in [0.15, 0.2) is 0 Å². The largest absolute Gasteiger partial charge is 0.481 e. The molecule has 4 aliphatic carbocycles. The van der Waals surface area contributed by atoms with Gasteiger partial charge in [0.25, 0.3) is 0 Å². The van der Waals surface area contributed by atoms with Crippen LogP contribution in [0.25, 0.3) is 0 Å². The summed E-state index contributed by atoms with van der Waals surface area (Å²) in [4.78, 5) is 11.4. The molecule has 4 aliphatic rings. The van der Waals surface area contributed by atoms with Gasteiger partial charge in [-0.3, -0.25) is 4.79 Å². The van der Waals surface area contributed by atoms with E-state index in [2.05, 4.69) is 37.2 Å². The van der Waals surface area contributed by atoms with Crippen LogP contribution in [0.4, 0.5) is 0 Å². The first-order valence-corrected chi connectivity index (χ1v) is 12.2. The van der Waals surface area contributed by atoms with E-state index < -0.39 is 5.97 Å². The summed E-state index contributed by atoms with van der Waals surface area (Å²) in [5.74, 6) is 4.03. The van der Waals surface area contributed by atoms with Crippen molar-refractivity contribution < 1.29 is 14.4 Å². The van der Waals surface area contributed by atoms with Crippen LogP contribution in [0, 0.1) is 52.3 Å². The SMILES string of the molecule is C[C@H]1CC[C@]2(C)C3CC[C@@]4(C)C(CC[C@@H]4[C@H](C)CC(=O)O)[C@@H]3C(OP)C[C@@H]2C1. The minimum Gasteiger partial charge on any atom is -0.481 e. The van der Waals surface area contributed by atoms with Gasteiger partial charge in [-0.1, -0.05) is 34.1 Å². The Labute approximate surface area is 174 Å². The lowest BCUT2D eigenvalue weighted by atomic mass is 9.43. The maximum absolute atomic E-state index is 11.4. The van der Waals surface area contributed by atoms with E-state index in [-0.39, 0.29) is 5.92 Å². The zero-order valence-electron chi connectivity index (χ0n) is 18.3. The highest BCUT2D eigenvalue weighted by Gasteiger charge is 2.63. The van der Waals surface area contributed by atoms with Gasteiger partial charge in [-0.2, -0.15) is 0 Å². The number of hydrogen-bond acceptors (Lipinski definition) is 2. The molecule has 0 aromatic carbocycles. The summed E-state index contributed by atoms with van der Waals surface area (Å²) in [5, 5.41) is 9.35. The number of carboxylic acids is 1. The number of rotatable bonds is 4. The molecule has 11 atom stereocenters. The van der Waals surface area contributed by atoms with Crippen molar-refractivity contribution in [1.82, 2.24) is 0 Å². The molecule has 4 rings (SSSR count). The van der Waals surface area contributed by atoms with Gasteiger partial charge >= 0.3 is 5.97 Å². The second-order valence-electron chi connectivity index (χ2n) is 11.6. The van der Waals surface area contributed by atoms with Crippen molar-refractivity contribution in [2.75, 3.05) is 0 Å². The highest BCUT2D eigenvalue weighted by Crippen LogP contribution is 2.69. The summed E-state index contributed by atoms with van der Waals surface area (Å²) in [6.07, 6.45) is 11.2. The smallest absolute Gasteiger partial charge is 0.303 e. The Hall–Kier alpha value is -0.140. The lowest BCUT2D eigenvalue weighted by Crippen LogP contribution is -2.58. The van der Waals surface area contributed by atoms with Crippen molar-refractivity contribution in [3.8, 4) is 0 Å². The van der Waals surface area contributed by atoms with E-state index in [0.717, 1.165) is 17.8 Å². The zero-order valence-corrected chi connectivity index (χ0v) is 19.5. The predicted molar refractivity (Wildman–Crippen MR) is 116 cm³/mol. The molecule has 0 bridgehead atoms. The van der Waals surface area contributed by atoms with E-state index in [9.17, 15) is 9.90 Å². The molecule has 4 unspecified atom stereocenters. The van der Waals surface area contributed by atoms with E-state index in [4.69, 9.17) is 4.52 Å². The molecule has 4 saturated carbocycles. The monoisotopic (exact) mass is 408 g/mol.